The number of aliphatic carboxylic acids is 1. The summed E-state index contributed by atoms with van der Waals surface area (Å²) in [4.78, 5) is 15.6. The third-order valence-electron chi connectivity index (χ3n) is 4.85. The van der Waals surface area contributed by atoms with Crippen LogP contribution in [0.25, 0.3) is 0 Å². The Hall–Kier alpha value is -1.43. The van der Waals surface area contributed by atoms with Crippen LogP contribution in [0.4, 0.5) is 0 Å². The number of carboxylic acid groups (broad SMARTS) is 1. The van der Waals surface area contributed by atoms with Gasteiger partial charge in [-0.2, -0.15) is 4.98 Å². The molecule has 1 aromatic heterocycles. The average Bonchev–Trinajstić information content (AvgIpc) is 3.04. The summed E-state index contributed by atoms with van der Waals surface area (Å²) in [7, 11) is 0. The van der Waals surface area contributed by atoms with E-state index in [-0.39, 0.29) is 12.3 Å². The zero-order chi connectivity index (χ0) is 17.2. The van der Waals surface area contributed by atoms with E-state index in [9.17, 15) is 9.90 Å². The SMILES string of the molecule is CCCNCc1noc([C@H](CCCC2CCCCC2)CC(=O)O)n1. The van der Waals surface area contributed by atoms with Gasteiger partial charge in [0.2, 0.25) is 5.89 Å². The second-order valence-electron chi connectivity index (χ2n) is 6.96. The molecule has 2 N–H and O–H groups in total. The first-order chi connectivity index (χ1) is 11.7. The van der Waals surface area contributed by atoms with Crippen LogP contribution >= 0.6 is 0 Å². The van der Waals surface area contributed by atoms with Crippen molar-refractivity contribution in [3.05, 3.63) is 11.7 Å². The Kier molecular flexibility index (Phi) is 8.22. The lowest BCUT2D eigenvalue weighted by Crippen LogP contribution is -2.15. The lowest BCUT2D eigenvalue weighted by atomic mass is 9.84. The molecule has 0 spiro atoms. The standard InChI is InChI=1S/C18H31N3O3/c1-2-11-19-13-16-20-18(24-21-16)15(12-17(22)23)10-6-9-14-7-4-3-5-8-14/h14-15,19H,2-13H2,1H3,(H,22,23)/t15-/m1/s1. The fourth-order valence-electron chi connectivity index (χ4n) is 3.53. The molecular formula is C18H31N3O3. The lowest BCUT2D eigenvalue weighted by molar-refractivity contribution is -0.137. The monoisotopic (exact) mass is 337 g/mol. The van der Waals surface area contributed by atoms with Gasteiger partial charge in [-0.25, -0.2) is 0 Å². The zero-order valence-electron chi connectivity index (χ0n) is 14.8. The van der Waals surface area contributed by atoms with Gasteiger partial charge in [0.15, 0.2) is 5.82 Å². The highest BCUT2D eigenvalue weighted by molar-refractivity contribution is 5.67. The Labute approximate surface area is 144 Å². The molecule has 0 unspecified atom stereocenters. The summed E-state index contributed by atoms with van der Waals surface area (Å²) < 4.78 is 5.34. The van der Waals surface area contributed by atoms with Crippen molar-refractivity contribution < 1.29 is 14.4 Å². The Morgan fingerprint density at radius 3 is 2.88 bits per heavy atom. The minimum absolute atomic E-state index is 0.0642. The van der Waals surface area contributed by atoms with Gasteiger partial charge in [0.05, 0.1) is 13.0 Å². The van der Waals surface area contributed by atoms with E-state index in [0.29, 0.717) is 18.3 Å². The van der Waals surface area contributed by atoms with Crippen molar-refractivity contribution in [1.82, 2.24) is 15.5 Å². The number of hydrogen-bond acceptors (Lipinski definition) is 5. The molecule has 136 valence electrons. The summed E-state index contributed by atoms with van der Waals surface area (Å²) in [5.41, 5.74) is 0. The summed E-state index contributed by atoms with van der Waals surface area (Å²) in [5, 5.41) is 16.4. The van der Waals surface area contributed by atoms with Crippen LogP contribution in [-0.2, 0) is 11.3 Å². The molecule has 1 fully saturated rings. The van der Waals surface area contributed by atoms with Gasteiger partial charge in [-0.3, -0.25) is 4.79 Å². The van der Waals surface area contributed by atoms with Crippen LogP contribution in [0.3, 0.4) is 0 Å². The molecular weight excluding hydrogens is 306 g/mol. The first kappa shape index (κ1) is 18.9. The maximum absolute atomic E-state index is 11.2. The van der Waals surface area contributed by atoms with Crippen molar-refractivity contribution >= 4 is 5.97 Å². The van der Waals surface area contributed by atoms with E-state index >= 15 is 0 Å². The lowest BCUT2D eigenvalue weighted by Gasteiger charge is -2.21. The summed E-state index contributed by atoms with van der Waals surface area (Å²) in [5.74, 6) is 0.941. The second kappa shape index (κ2) is 10.4. The molecule has 1 heterocycles. The molecule has 0 radical (unpaired) electrons. The van der Waals surface area contributed by atoms with Crippen LogP contribution in [0.5, 0.6) is 0 Å². The Morgan fingerprint density at radius 1 is 1.38 bits per heavy atom. The summed E-state index contributed by atoms with van der Waals surface area (Å²) in [6.07, 6.45) is 10.9. The molecule has 1 aromatic rings. The Bertz CT molecular complexity index is 484. The van der Waals surface area contributed by atoms with Gasteiger partial charge in [-0.1, -0.05) is 57.0 Å². The van der Waals surface area contributed by atoms with Gasteiger partial charge in [0.25, 0.3) is 0 Å². The van der Waals surface area contributed by atoms with Crippen molar-refractivity contribution in [2.75, 3.05) is 6.54 Å². The Morgan fingerprint density at radius 2 is 2.17 bits per heavy atom. The van der Waals surface area contributed by atoms with Crippen molar-refractivity contribution in [3.8, 4) is 0 Å². The van der Waals surface area contributed by atoms with E-state index in [1.54, 1.807) is 0 Å². The molecule has 1 atom stereocenters. The van der Waals surface area contributed by atoms with Gasteiger partial charge in [0.1, 0.15) is 0 Å². The van der Waals surface area contributed by atoms with Gasteiger partial charge < -0.3 is 14.9 Å². The van der Waals surface area contributed by atoms with E-state index < -0.39 is 5.97 Å². The third-order valence-corrected chi connectivity index (χ3v) is 4.85. The van der Waals surface area contributed by atoms with Crippen molar-refractivity contribution in [3.63, 3.8) is 0 Å². The molecule has 6 nitrogen and oxygen atoms in total. The molecule has 0 amide bonds. The number of carbonyl (C=O) groups is 1. The maximum Gasteiger partial charge on any atom is 0.304 e. The highest BCUT2D eigenvalue weighted by atomic mass is 16.5. The van der Waals surface area contributed by atoms with Crippen LogP contribution in [0, 0.1) is 5.92 Å². The number of nitrogens with one attached hydrogen (secondary N) is 1. The molecule has 24 heavy (non-hydrogen) atoms. The highest BCUT2D eigenvalue weighted by Gasteiger charge is 2.23. The molecule has 1 aliphatic carbocycles. The van der Waals surface area contributed by atoms with E-state index in [2.05, 4.69) is 22.4 Å². The average molecular weight is 337 g/mol. The number of rotatable bonds is 11. The number of aromatic nitrogens is 2. The van der Waals surface area contributed by atoms with E-state index in [1.165, 1.54) is 38.5 Å². The topological polar surface area (TPSA) is 88.2 Å². The normalized spacial score (nSPS) is 17.0. The Balaban J connectivity index is 1.83. The van der Waals surface area contributed by atoms with Crippen molar-refractivity contribution in [2.45, 2.75) is 83.6 Å². The zero-order valence-corrected chi connectivity index (χ0v) is 14.8. The van der Waals surface area contributed by atoms with E-state index in [4.69, 9.17) is 4.52 Å². The predicted molar refractivity (Wildman–Crippen MR) is 91.7 cm³/mol. The van der Waals surface area contributed by atoms with Gasteiger partial charge in [0, 0.05) is 5.92 Å². The van der Waals surface area contributed by atoms with Gasteiger partial charge in [-0.15, -0.1) is 0 Å². The van der Waals surface area contributed by atoms with Crippen LogP contribution < -0.4 is 5.32 Å². The second-order valence-corrected chi connectivity index (χ2v) is 6.96. The smallest absolute Gasteiger partial charge is 0.304 e. The van der Waals surface area contributed by atoms with Gasteiger partial charge in [-0.05, 0) is 25.3 Å². The fourth-order valence-corrected chi connectivity index (χ4v) is 3.53. The van der Waals surface area contributed by atoms with Crippen molar-refractivity contribution in [2.24, 2.45) is 5.92 Å². The first-order valence-electron chi connectivity index (χ1n) is 9.44. The molecule has 1 saturated carbocycles. The number of carboxylic acids is 1. The summed E-state index contributed by atoms with van der Waals surface area (Å²) in [6, 6.07) is 0. The molecule has 0 bridgehead atoms. The van der Waals surface area contributed by atoms with E-state index in [0.717, 1.165) is 31.7 Å². The van der Waals surface area contributed by atoms with Gasteiger partial charge >= 0.3 is 5.97 Å². The molecule has 2 rings (SSSR count). The summed E-state index contributed by atoms with van der Waals surface area (Å²) >= 11 is 0. The van der Waals surface area contributed by atoms with Crippen LogP contribution in [0.1, 0.15) is 88.8 Å². The molecule has 0 aromatic carbocycles. The molecule has 0 aliphatic heterocycles. The van der Waals surface area contributed by atoms with Crippen LogP contribution in [-0.4, -0.2) is 27.8 Å². The third kappa shape index (κ3) is 6.59. The predicted octanol–water partition coefficient (Wildman–Crippen LogP) is 3.88. The number of hydrogen-bond donors (Lipinski definition) is 2. The van der Waals surface area contributed by atoms with Crippen molar-refractivity contribution in [1.29, 1.82) is 0 Å². The minimum Gasteiger partial charge on any atom is -0.481 e. The minimum atomic E-state index is -0.804. The fraction of sp³-hybridized carbons (Fsp3) is 0.833. The largest absolute Gasteiger partial charge is 0.481 e. The maximum atomic E-state index is 11.2. The first-order valence-corrected chi connectivity index (χ1v) is 9.44. The molecule has 0 saturated heterocycles. The molecule has 1 aliphatic rings. The summed E-state index contributed by atoms with van der Waals surface area (Å²) in [6.45, 7) is 3.58. The van der Waals surface area contributed by atoms with Crippen LogP contribution in [0.2, 0.25) is 0 Å². The quantitative estimate of drug-likeness (QED) is 0.596. The van der Waals surface area contributed by atoms with Crippen LogP contribution in [0.15, 0.2) is 4.52 Å². The molecule has 6 heteroatoms. The highest BCUT2D eigenvalue weighted by Crippen LogP contribution is 2.31. The number of nitrogens with zero attached hydrogens (tertiary/aromatic N) is 2. The van der Waals surface area contributed by atoms with E-state index in [1.807, 2.05) is 0 Å².